The van der Waals surface area contributed by atoms with Gasteiger partial charge in [0, 0.05) is 42.5 Å². The van der Waals surface area contributed by atoms with E-state index in [-0.39, 0.29) is 5.91 Å². The van der Waals surface area contributed by atoms with Gasteiger partial charge in [0.1, 0.15) is 11.4 Å². The van der Waals surface area contributed by atoms with Crippen LogP contribution in [0.25, 0.3) is 11.3 Å². The minimum atomic E-state index is -0.0274. The Morgan fingerprint density at radius 2 is 1.86 bits per heavy atom. The molecule has 0 spiro atoms. The number of carbonyl (C=O) groups is 1. The highest BCUT2D eigenvalue weighted by atomic mass is 35.5. The lowest BCUT2D eigenvalue weighted by Gasteiger charge is -2.36. The number of halogens is 1. The van der Waals surface area contributed by atoms with Crippen molar-refractivity contribution in [3.8, 4) is 17.0 Å². The molecule has 0 aliphatic carbocycles. The van der Waals surface area contributed by atoms with Gasteiger partial charge in [0.2, 0.25) is 0 Å². The van der Waals surface area contributed by atoms with Crippen LogP contribution in [-0.2, 0) is 0 Å². The van der Waals surface area contributed by atoms with Gasteiger partial charge in [-0.2, -0.15) is 5.10 Å². The lowest BCUT2D eigenvalue weighted by atomic mass is 10.1. The molecule has 1 aliphatic rings. The van der Waals surface area contributed by atoms with Gasteiger partial charge in [-0.1, -0.05) is 17.7 Å². The molecule has 3 aromatic rings. The van der Waals surface area contributed by atoms with Gasteiger partial charge in [0.05, 0.1) is 12.3 Å². The van der Waals surface area contributed by atoms with Crippen LogP contribution in [0.1, 0.15) is 17.4 Å². The smallest absolute Gasteiger partial charge is 0.272 e. The number of piperazine rings is 1. The summed E-state index contributed by atoms with van der Waals surface area (Å²) in [7, 11) is 0. The van der Waals surface area contributed by atoms with Crippen molar-refractivity contribution in [1.82, 2.24) is 15.1 Å². The van der Waals surface area contributed by atoms with E-state index in [2.05, 4.69) is 15.1 Å². The highest BCUT2D eigenvalue weighted by molar-refractivity contribution is 6.30. The molecular formula is C22H23ClN4O2. The lowest BCUT2D eigenvalue weighted by Crippen LogP contribution is -2.48. The van der Waals surface area contributed by atoms with E-state index in [1.165, 1.54) is 0 Å². The fourth-order valence-corrected chi connectivity index (χ4v) is 3.66. The molecule has 1 amide bonds. The topological polar surface area (TPSA) is 61.5 Å². The Morgan fingerprint density at radius 1 is 1.10 bits per heavy atom. The van der Waals surface area contributed by atoms with Crippen molar-refractivity contribution in [3.63, 3.8) is 0 Å². The van der Waals surface area contributed by atoms with E-state index in [1.54, 1.807) is 6.07 Å². The predicted octanol–water partition coefficient (Wildman–Crippen LogP) is 4.09. The Labute approximate surface area is 175 Å². The van der Waals surface area contributed by atoms with Gasteiger partial charge in [-0.05, 0) is 55.5 Å². The number of nitrogens with zero attached hydrogens (tertiary/aromatic N) is 3. The Bertz CT molecular complexity index is 978. The number of H-pyrrole nitrogens is 1. The summed E-state index contributed by atoms with van der Waals surface area (Å²) in [5.74, 6) is 0.793. The summed E-state index contributed by atoms with van der Waals surface area (Å²) in [6.07, 6.45) is 0. The quantitative estimate of drug-likeness (QED) is 0.688. The highest BCUT2D eigenvalue weighted by Gasteiger charge is 2.24. The zero-order chi connectivity index (χ0) is 20.2. The van der Waals surface area contributed by atoms with Crippen LogP contribution in [-0.4, -0.2) is 53.8 Å². The number of carbonyl (C=O) groups excluding carboxylic acids is 1. The summed E-state index contributed by atoms with van der Waals surface area (Å²) in [5.41, 5.74) is 3.28. The molecule has 1 N–H and O–H groups in total. The summed E-state index contributed by atoms with van der Waals surface area (Å²) in [6, 6.07) is 17.3. The maximum absolute atomic E-state index is 12.9. The second-order valence-electron chi connectivity index (χ2n) is 6.88. The van der Waals surface area contributed by atoms with Gasteiger partial charge in [0.15, 0.2) is 0 Å². The lowest BCUT2D eigenvalue weighted by molar-refractivity contribution is 0.0741. The zero-order valence-electron chi connectivity index (χ0n) is 16.3. The molecule has 4 rings (SSSR count). The van der Waals surface area contributed by atoms with E-state index in [4.69, 9.17) is 16.3 Å². The van der Waals surface area contributed by atoms with E-state index in [0.29, 0.717) is 25.4 Å². The van der Waals surface area contributed by atoms with Crippen LogP contribution in [0.3, 0.4) is 0 Å². The van der Waals surface area contributed by atoms with E-state index >= 15 is 0 Å². The van der Waals surface area contributed by atoms with Crippen LogP contribution in [0, 0.1) is 0 Å². The molecule has 2 aromatic carbocycles. The SMILES string of the molecule is CCOc1ccc(-c2cc(C(=O)N3CCN(c4cccc(Cl)c4)CC3)[nH]n2)cc1. The molecule has 7 heteroatoms. The zero-order valence-corrected chi connectivity index (χ0v) is 17.0. The summed E-state index contributed by atoms with van der Waals surface area (Å²) in [6.45, 7) is 5.43. The first-order valence-corrected chi connectivity index (χ1v) is 10.1. The van der Waals surface area contributed by atoms with Crippen molar-refractivity contribution in [1.29, 1.82) is 0 Å². The summed E-state index contributed by atoms with van der Waals surface area (Å²) in [5, 5.41) is 7.92. The maximum Gasteiger partial charge on any atom is 0.272 e. The second-order valence-corrected chi connectivity index (χ2v) is 7.32. The third-order valence-corrected chi connectivity index (χ3v) is 5.24. The number of hydrogen-bond acceptors (Lipinski definition) is 4. The molecule has 2 heterocycles. The first-order chi connectivity index (χ1) is 14.1. The number of nitrogens with one attached hydrogen (secondary N) is 1. The third-order valence-electron chi connectivity index (χ3n) is 5.01. The normalized spacial score (nSPS) is 14.1. The molecule has 1 aliphatic heterocycles. The number of ether oxygens (including phenoxy) is 1. The predicted molar refractivity (Wildman–Crippen MR) is 115 cm³/mol. The number of aromatic amines is 1. The highest BCUT2D eigenvalue weighted by Crippen LogP contribution is 2.23. The second kappa shape index (κ2) is 8.57. The van der Waals surface area contributed by atoms with Gasteiger partial charge < -0.3 is 14.5 Å². The van der Waals surface area contributed by atoms with E-state index < -0.39 is 0 Å². The van der Waals surface area contributed by atoms with Crippen LogP contribution in [0.15, 0.2) is 54.6 Å². The Hall–Kier alpha value is -2.99. The molecule has 0 unspecified atom stereocenters. The standard InChI is InChI=1S/C22H23ClN4O2/c1-2-29-19-8-6-16(7-9-19)20-15-21(25-24-20)22(28)27-12-10-26(11-13-27)18-5-3-4-17(23)14-18/h3-9,14-15H,2,10-13H2,1H3,(H,24,25). The van der Waals surface area contributed by atoms with Crippen LogP contribution < -0.4 is 9.64 Å². The van der Waals surface area contributed by atoms with Crippen molar-refractivity contribution in [2.45, 2.75) is 6.92 Å². The molecule has 0 saturated carbocycles. The average Bonchev–Trinajstić information content (AvgIpc) is 3.24. The fourth-order valence-electron chi connectivity index (χ4n) is 3.48. The van der Waals surface area contributed by atoms with Crippen molar-refractivity contribution in [2.24, 2.45) is 0 Å². The molecule has 1 aromatic heterocycles. The summed E-state index contributed by atoms with van der Waals surface area (Å²) < 4.78 is 5.47. The molecule has 150 valence electrons. The Kier molecular flexibility index (Phi) is 5.71. The van der Waals surface area contributed by atoms with Crippen molar-refractivity contribution in [3.05, 3.63) is 65.3 Å². The van der Waals surface area contributed by atoms with Crippen molar-refractivity contribution < 1.29 is 9.53 Å². The molecule has 29 heavy (non-hydrogen) atoms. The van der Waals surface area contributed by atoms with E-state index in [9.17, 15) is 4.79 Å². The maximum atomic E-state index is 12.9. The molecule has 1 fully saturated rings. The van der Waals surface area contributed by atoms with Gasteiger partial charge in [-0.15, -0.1) is 0 Å². The monoisotopic (exact) mass is 410 g/mol. The van der Waals surface area contributed by atoms with Crippen LogP contribution >= 0.6 is 11.6 Å². The number of rotatable bonds is 5. The summed E-state index contributed by atoms with van der Waals surface area (Å²) in [4.78, 5) is 17.0. The van der Waals surface area contributed by atoms with Gasteiger partial charge >= 0.3 is 0 Å². The minimum Gasteiger partial charge on any atom is -0.494 e. The number of benzene rings is 2. The number of hydrogen-bond donors (Lipinski definition) is 1. The number of anilines is 1. The van der Waals surface area contributed by atoms with Crippen LogP contribution in [0.4, 0.5) is 5.69 Å². The first-order valence-electron chi connectivity index (χ1n) is 9.72. The number of amides is 1. The van der Waals surface area contributed by atoms with Gasteiger partial charge in [-0.3, -0.25) is 9.89 Å². The Balaban J connectivity index is 1.39. The molecule has 1 saturated heterocycles. The largest absolute Gasteiger partial charge is 0.494 e. The fraction of sp³-hybridized carbons (Fsp3) is 0.273. The molecule has 0 atom stereocenters. The average molecular weight is 411 g/mol. The van der Waals surface area contributed by atoms with Crippen molar-refractivity contribution >= 4 is 23.2 Å². The van der Waals surface area contributed by atoms with Gasteiger partial charge in [0.25, 0.3) is 5.91 Å². The van der Waals surface area contributed by atoms with E-state index in [1.807, 2.05) is 60.4 Å². The minimum absolute atomic E-state index is 0.0274. The first kappa shape index (κ1) is 19.3. The molecular weight excluding hydrogens is 388 g/mol. The summed E-state index contributed by atoms with van der Waals surface area (Å²) >= 11 is 6.09. The van der Waals surface area contributed by atoms with Gasteiger partial charge in [-0.25, -0.2) is 0 Å². The van der Waals surface area contributed by atoms with Crippen LogP contribution in [0.2, 0.25) is 5.02 Å². The third kappa shape index (κ3) is 4.38. The molecule has 6 nitrogen and oxygen atoms in total. The van der Waals surface area contributed by atoms with E-state index in [0.717, 1.165) is 40.8 Å². The number of aromatic nitrogens is 2. The van der Waals surface area contributed by atoms with Crippen molar-refractivity contribution in [2.75, 3.05) is 37.7 Å². The molecule has 0 bridgehead atoms. The van der Waals surface area contributed by atoms with Crippen LogP contribution in [0.5, 0.6) is 5.75 Å². The molecule has 0 radical (unpaired) electrons. The Morgan fingerprint density at radius 3 is 2.55 bits per heavy atom.